The Hall–Kier alpha value is -1.69. The molecular formula is C13H17N3. The van der Waals surface area contributed by atoms with Crippen LogP contribution in [0.1, 0.15) is 19.4 Å². The van der Waals surface area contributed by atoms with Crippen LogP contribution >= 0.6 is 0 Å². The molecule has 1 unspecified atom stereocenters. The number of hydrogen-bond donors (Lipinski definition) is 1. The quantitative estimate of drug-likeness (QED) is 0.782. The highest BCUT2D eigenvalue weighted by atomic mass is 15.2. The zero-order chi connectivity index (χ0) is 11.7. The van der Waals surface area contributed by atoms with Crippen LogP contribution in [0.3, 0.4) is 0 Å². The predicted molar refractivity (Wildman–Crippen MR) is 66.7 cm³/mol. The molecule has 3 nitrogen and oxygen atoms in total. The maximum atomic E-state index is 8.89. The molecule has 0 saturated carbocycles. The molecule has 1 heterocycles. The first-order valence-corrected chi connectivity index (χ1v) is 5.63. The Morgan fingerprint density at radius 2 is 2.25 bits per heavy atom. The number of nitrogens with one attached hydrogen (secondary N) is 1. The van der Waals surface area contributed by atoms with Crippen molar-refractivity contribution in [1.82, 2.24) is 0 Å². The summed E-state index contributed by atoms with van der Waals surface area (Å²) in [5.74, 6) is 0.585. The van der Waals surface area contributed by atoms with Gasteiger partial charge in [0.25, 0.3) is 0 Å². The summed E-state index contributed by atoms with van der Waals surface area (Å²) in [6, 6.07) is 8.44. The zero-order valence-corrected chi connectivity index (χ0v) is 9.99. The standard InChI is InChI=1S/C13H17N3/c1-9(2)12-8-16(3)13-5-4-10(7-14)6-11(13)15-12/h4-6,9,12,15H,8H2,1-3H3. The van der Waals surface area contributed by atoms with Gasteiger partial charge in [-0.3, -0.25) is 0 Å². The summed E-state index contributed by atoms with van der Waals surface area (Å²) >= 11 is 0. The molecule has 84 valence electrons. The minimum Gasteiger partial charge on any atom is -0.379 e. The molecule has 0 saturated heterocycles. The van der Waals surface area contributed by atoms with Crippen molar-refractivity contribution in [2.45, 2.75) is 19.9 Å². The highest BCUT2D eigenvalue weighted by Crippen LogP contribution is 2.32. The molecule has 0 aliphatic carbocycles. The van der Waals surface area contributed by atoms with Crippen molar-refractivity contribution in [3.63, 3.8) is 0 Å². The summed E-state index contributed by atoms with van der Waals surface area (Å²) in [5.41, 5.74) is 2.96. The fraction of sp³-hybridized carbons (Fsp3) is 0.462. The Labute approximate surface area is 96.7 Å². The summed E-state index contributed by atoms with van der Waals surface area (Å²) in [6.45, 7) is 5.44. The highest BCUT2D eigenvalue weighted by molar-refractivity contribution is 5.74. The van der Waals surface area contributed by atoms with E-state index >= 15 is 0 Å². The molecule has 0 fully saturated rings. The summed E-state index contributed by atoms with van der Waals surface area (Å²) in [5, 5.41) is 12.4. The normalized spacial score (nSPS) is 18.9. The van der Waals surface area contributed by atoms with Gasteiger partial charge in [0.2, 0.25) is 0 Å². The zero-order valence-electron chi connectivity index (χ0n) is 9.99. The van der Waals surface area contributed by atoms with E-state index in [-0.39, 0.29) is 0 Å². The minimum atomic E-state index is 0.450. The average molecular weight is 215 g/mol. The largest absolute Gasteiger partial charge is 0.379 e. The second kappa shape index (κ2) is 4.05. The number of nitrogens with zero attached hydrogens (tertiary/aromatic N) is 2. The number of benzene rings is 1. The molecule has 16 heavy (non-hydrogen) atoms. The highest BCUT2D eigenvalue weighted by Gasteiger charge is 2.23. The molecule has 0 radical (unpaired) electrons. The molecule has 1 N–H and O–H groups in total. The third-order valence-electron chi connectivity index (χ3n) is 3.15. The Bertz CT molecular complexity index is 431. The fourth-order valence-corrected chi connectivity index (χ4v) is 2.07. The lowest BCUT2D eigenvalue weighted by molar-refractivity contribution is 0.514. The number of hydrogen-bond acceptors (Lipinski definition) is 3. The molecule has 2 rings (SSSR count). The number of likely N-dealkylation sites (N-methyl/N-ethyl adjacent to an activating group) is 1. The Morgan fingerprint density at radius 1 is 1.50 bits per heavy atom. The lowest BCUT2D eigenvalue weighted by atomic mass is 9.99. The number of fused-ring (bicyclic) bond motifs is 1. The van der Waals surface area contributed by atoms with Gasteiger partial charge in [-0.1, -0.05) is 13.8 Å². The maximum Gasteiger partial charge on any atom is 0.0992 e. The molecule has 1 aromatic carbocycles. The van der Waals surface area contributed by atoms with Crippen molar-refractivity contribution >= 4 is 11.4 Å². The van der Waals surface area contributed by atoms with Gasteiger partial charge < -0.3 is 10.2 Å². The first-order valence-electron chi connectivity index (χ1n) is 5.63. The van der Waals surface area contributed by atoms with Crippen molar-refractivity contribution in [2.24, 2.45) is 5.92 Å². The van der Waals surface area contributed by atoms with Crippen LogP contribution in [0.15, 0.2) is 18.2 Å². The predicted octanol–water partition coefficient (Wildman–Crippen LogP) is 2.44. The molecule has 0 bridgehead atoms. The Morgan fingerprint density at radius 3 is 2.88 bits per heavy atom. The van der Waals surface area contributed by atoms with Gasteiger partial charge >= 0.3 is 0 Å². The summed E-state index contributed by atoms with van der Waals surface area (Å²) in [4.78, 5) is 2.25. The fourth-order valence-electron chi connectivity index (χ4n) is 2.07. The van der Waals surface area contributed by atoms with E-state index in [0.29, 0.717) is 17.5 Å². The number of nitriles is 1. The second-order valence-corrected chi connectivity index (χ2v) is 4.72. The van der Waals surface area contributed by atoms with E-state index in [1.165, 1.54) is 5.69 Å². The molecule has 1 aromatic rings. The molecule has 0 spiro atoms. The van der Waals surface area contributed by atoms with Crippen molar-refractivity contribution in [3.05, 3.63) is 23.8 Å². The van der Waals surface area contributed by atoms with Crippen molar-refractivity contribution in [3.8, 4) is 6.07 Å². The van der Waals surface area contributed by atoms with Crippen LogP contribution in [-0.4, -0.2) is 19.6 Å². The topological polar surface area (TPSA) is 39.1 Å². The van der Waals surface area contributed by atoms with Crippen molar-refractivity contribution in [1.29, 1.82) is 5.26 Å². The first-order chi connectivity index (χ1) is 7.61. The van der Waals surface area contributed by atoms with E-state index < -0.39 is 0 Å². The average Bonchev–Trinajstić information content (AvgIpc) is 2.28. The van der Waals surface area contributed by atoms with Gasteiger partial charge in [-0.05, 0) is 24.1 Å². The minimum absolute atomic E-state index is 0.450. The van der Waals surface area contributed by atoms with Crippen LogP contribution in [0, 0.1) is 17.2 Å². The van der Waals surface area contributed by atoms with Crippen LogP contribution in [0.25, 0.3) is 0 Å². The van der Waals surface area contributed by atoms with Gasteiger partial charge in [-0.15, -0.1) is 0 Å². The van der Waals surface area contributed by atoms with Gasteiger partial charge in [-0.25, -0.2) is 0 Å². The van der Waals surface area contributed by atoms with Crippen LogP contribution in [0.2, 0.25) is 0 Å². The SMILES string of the molecule is CC(C)C1CN(C)c2ccc(C#N)cc2N1. The van der Waals surface area contributed by atoms with Gasteiger partial charge in [0, 0.05) is 19.6 Å². The summed E-state index contributed by atoms with van der Waals surface area (Å²) in [7, 11) is 2.10. The smallest absolute Gasteiger partial charge is 0.0992 e. The van der Waals surface area contributed by atoms with Gasteiger partial charge in [-0.2, -0.15) is 5.26 Å². The van der Waals surface area contributed by atoms with Gasteiger partial charge in [0.05, 0.1) is 23.0 Å². The summed E-state index contributed by atoms with van der Waals surface area (Å²) < 4.78 is 0. The molecular weight excluding hydrogens is 198 g/mol. The molecule has 1 aliphatic heterocycles. The molecule has 0 aromatic heterocycles. The Balaban J connectivity index is 2.36. The van der Waals surface area contributed by atoms with Gasteiger partial charge in [0.15, 0.2) is 0 Å². The van der Waals surface area contributed by atoms with Crippen LogP contribution < -0.4 is 10.2 Å². The van der Waals surface area contributed by atoms with E-state index in [4.69, 9.17) is 5.26 Å². The van der Waals surface area contributed by atoms with Crippen LogP contribution in [-0.2, 0) is 0 Å². The molecule has 0 amide bonds. The Kier molecular flexibility index (Phi) is 2.74. The van der Waals surface area contributed by atoms with E-state index in [0.717, 1.165) is 12.2 Å². The molecule has 1 atom stereocenters. The third-order valence-corrected chi connectivity index (χ3v) is 3.15. The molecule has 1 aliphatic rings. The van der Waals surface area contributed by atoms with Crippen LogP contribution in [0.4, 0.5) is 11.4 Å². The van der Waals surface area contributed by atoms with Crippen molar-refractivity contribution in [2.75, 3.05) is 23.8 Å². The van der Waals surface area contributed by atoms with E-state index in [1.807, 2.05) is 18.2 Å². The first kappa shape index (κ1) is 10.8. The number of rotatable bonds is 1. The lowest BCUT2D eigenvalue weighted by Crippen LogP contribution is -2.42. The van der Waals surface area contributed by atoms with E-state index in [2.05, 4.69) is 37.2 Å². The third kappa shape index (κ3) is 1.83. The maximum absolute atomic E-state index is 8.89. The molecule has 3 heteroatoms. The number of anilines is 2. The monoisotopic (exact) mass is 215 g/mol. The van der Waals surface area contributed by atoms with Gasteiger partial charge in [0.1, 0.15) is 0 Å². The summed E-state index contributed by atoms with van der Waals surface area (Å²) in [6.07, 6.45) is 0. The van der Waals surface area contributed by atoms with Crippen LogP contribution in [0.5, 0.6) is 0 Å². The van der Waals surface area contributed by atoms with Crippen molar-refractivity contribution < 1.29 is 0 Å². The van der Waals surface area contributed by atoms with E-state index in [1.54, 1.807) is 0 Å². The lowest BCUT2D eigenvalue weighted by Gasteiger charge is -2.36. The van der Waals surface area contributed by atoms with E-state index in [9.17, 15) is 0 Å². The second-order valence-electron chi connectivity index (χ2n) is 4.72.